The maximum absolute atomic E-state index is 13.3. The summed E-state index contributed by atoms with van der Waals surface area (Å²) in [5.41, 5.74) is 0.536. The van der Waals surface area contributed by atoms with Crippen molar-refractivity contribution in [2.75, 3.05) is 19.0 Å². The average molecular weight is 378 g/mol. The molecule has 0 saturated carbocycles. The Morgan fingerprint density at radius 2 is 2.00 bits per heavy atom. The first kappa shape index (κ1) is 18.0. The molecule has 1 saturated heterocycles. The summed E-state index contributed by atoms with van der Waals surface area (Å²) < 4.78 is 6.97. The van der Waals surface area contributed by atoms with Gasteiger partial charge in [0.2, 0.25) is 0 Å². The summed E-state index contributed by atoms with van der Waals surface area (Å²) in [5.74, 6) is 1.86. The number of likely N-dealkylation sites (tertiary alicyclic amines) is 1. The Labute approximate surface area is 163 Å². The molecule has 28 heavy (non-hydrogen) atoms. The van der Waals surface area contributed by atoms with Gasteiger partial charge < -0.3 is 15.0 Å². The van der Waals surface area contributed by atoms with Gasteiger partial charge in [-0.25, -0.2) is 14.6 Å². The molecule has 2 atom stereocenters. The fourth-order valence-electron chi connectivity index (χ4n) is 3.57. The van der Waals surface area contributed by atoms with Crippen molar-refractivity contribution in [3.8, 4) is 11.6 Å². The predicted octanol–water partition coefficient (Wildman–Crippen LogP) is 2.39. The second kappa shape index (κ2) is 7.67. The summed E-state index contributed by atoms with van der Waals surface area (Å²) in [4.78, 5) is 23.9. The largest absolute Gasteiger partial charge is 0.493 e. The zero-order valence-electron chi connectivity index (χ0n) is 15.8. The third kappa shape index (κ3) is 3.40. The number of nitrogens with one attached hydrogen (secondary N) is 1. The molecule has 4 rings (SSSR count). The van der Waals surface area contributed by atoms with Crippen LogP contribution in [0.2, 0.25) is 0 Å². The van der Waals surface area contributed by atoms with E-state index in [1.54, 1.807) is 48.7 Å². The lowest BCUT2D eigenvalue weighted by Crippen LogP contribution is -2.36. The van der Waals surface area contributed by atoms with Crippen molar-refractivity contribution < 1.29 is 9.53 Å². The molecule has 1 aliphatic rings. The van der Waals surface area contributed by atoms with Gasteiger partial charge in [0.15, 0.2) is 17.4 Å². The van der Waals surface area contributed by atoms with Crippen LogP contribution in [0, 0.1) is 0 Å². The Morgan fingerprint density at radius 3 is 2.79 bits per heavy atom. The Bertz CT molecular complexity index is 959. The Morgan fingerprint density at radius 1 is 1.18 bits per heavy atom. The van der Waals surface area contributed by atoms with Crippen LogP contribution in [0.5, 0.6) is 5.75 Å². The quantitative estimate of drug-likeness (QED) is 0.734. The molecule has 3 aromatic heterocycles. The van der Waals surface area contributed by atoms with Crippen molar-refractivity contribution in [1.29, 1.82) is 0 Å². The van der Waals surface area contributed by atoms with Crippen LogP contribution in [0.15, 0.2) is 55.1 Å². The second-order valence-electron chi connectivity index (χ2n) is 6.76. The lowest BCUT2D eigenvalue weighted by atomic mass is 10.2. The molecule has 0 spiro atoms. The van der Waals surface area contributed by atoms with Crippen molar-refractivity contribution in [3.05, 3.63) is 60.7 Å². The molecule has 4 heterocycles. The lowest BCUT2D eigenvalue weighted by molar-refractivity contribution is 0.0746. The Hall–Kier alpha value is -3.42. The number of rotatable bonds is 5. The van der Waals surface area contributed by atoms with Gasteiger partial charge in [-0.05, 0) is 43.7 Å². The fraction of sp³-hybridized carbons (Fsp3) is 0.300. The number of pyridine rings is 2. The second-order valence-corrected chi connectivity index (χ2v) is 6.76. The molecule has 144 valence electrons. The van der Waals surface area contributed by atoms with Crippen molar-refractivity contribution in [2.24, 2.45) is 0 Å². The van der Waals surface area contributed by atoms with E-state index in [1.807, 2.05) is 23.1 Å². The number of carbonyl (C=O) groups is 1. The predicted molar refractivity (Wildman–Crippen MR) is 105 cm³/mol. The van der Waals surface area contributed by atoms with Gasteiger partial charge in [0.1, 0.15) is 0 Å². The molecule has 0 aromatic carbocycles. The molecule has 0 radical (unpaired) electrons. The number of hydrogen-bond acceptors (Lipinski definition) is 6. The van der Waals surface area contributed by atoms with Gasteiger partial charge in [-0.3, -0.25) is 4.79 Å². The summed E-state index contributed by atoms with van der Waals surface area (Å²) in [5, 5.41) is 7.62. The van der Waals surface area contributed by atoms with Crippen LogP contribution in [0.1, 0.15) is 23.7 Å². The minimum Gasteiger partial charge on any atom is -0.493 e. The van der Waals surface area contributed by atoms with Crippen LogP contribution >= 0.6 is 0 Å². The molecule has 8 heteroatoms. The monoisotopic (exact) mass is 378 g/mol. The van der Waals surface area contributed by atoms with Crippen molar-refractivity contribution in [3.63, 3.8) is 0 Å². The highest BCUT2D eigenvalue weighted by atomic mass is 16.5. The first-order chi connectivity index (χ1) is 13.7. The van der Waals surface area contributed by atoms with Gasteiger partial charge in [-0.2, -0.15) is 5.10 Å². The van der Waals surface area contributed by atoms with E-state index in [1.165, 1.54) is 0 Å². The molecule has 0 aliphatic carbocycles. The number of nitrogens with zero attached hydrogens (tertiary/aromatic N) is 5. The minimum absolute atomic E-state index is 0.0524. The zero-order chi connectivity index (χ0) is 19.5. The fourth-order valence-corrected chi connectivity index (χ4v) is 3.57. The smallest absolute Gasteiger partial charge is 0.258 e. The van der Waals surface area contributed by atoms with Crippen LogP contribution in [-0.2, 0) is 0 Å². The standard InChI is InChI=1S/C20H22N6O2/c1-14-12-15(24-18-17(28-2)7-4-8-21-18)13-25(14)20(27)16-6-3-9-22-19(16)26-11-5-10-23-26/h3-11,14-15H,12-13H2,1-2H3,(H,21,24)/t14-,15-/m1/s1. The van der Waals surface area contributed by atoms with Gasteiger partial charge in [0.05, 0.1) is 12.7 Å². The summed E-state index contributed by atoms with van der Waals surface area (Å²) in [6.07, 6.45) is 7.66. The molecule has 0 bridgehead atoms. The number of methoxy groups -OCH3 is 1. The summed E-state index contributed by atoms with van der Waals surface area (Å²) in [7, 11) is 1.62. The number of carbonyl (C=O) groups excluding carboxylic acids is 1. The normalized spacial score (nSPS) is 18.9. The van der Waals surface area contributed by atoms with Crippen molar-refractivity contribution >= 4 is 11.7 Å². The molecule has 1 aliphatic heterocycles. The molecule has 1 N–H and O–H groups in total. The van der Waals surface area contributed by atoms with E-state index >= 15 is 0 Å². The Balaban J connectivity index is 1.54. The average Bonchev–Trinajstić information content (AvgIpc) is 3.38. The number of amides is 1. The Kier molecular flexibility index (Phi) is 4.92. The summed E-state index contributed by atoms with van der Waals surface area (Å²) in [6, 6.07) is 9.25. The SMILES string of the molecule is COc1cccnc1N[C@@H]1C[C@@H](C)N(C(=O)c2cccnc2-n2cccn2)C1. The van der Waals surface area contributed by atoms with Crippen molar-refractivity contribution in [1.82, 2.24) is 24.6 Å². The van der Waals surface area contributed by atoms with Gasteiger partial charge in [-0.1, -0.05) is 0 Å². The van der Waals surface area contributed by atoms with E-state index in [9.17, 15) is 4.79 Å². The van der Waals surface area contributed by atoms with E-state index in [2.05, 4.69) is 27.3 Å². The van der Waals surface area contributed by atoms with Crippen LogP contribution < -0.4 is 10.1 Å². The van der Waals surface area contributed by atoms with Crippen LogP contribution in [0.25, 0.3) is 5.82 Å². The third-order valence-corrected chi connectivity index (χ3v) is 4.91. The van der Waals surface area contributed by atoms with Gasteiger partial charge in [0, 0.05) is 43.4 Å². The third-order valence-electron chi connectivity index (χ3n) is 4.91. The lowest BCUT2D eigenvalue weighted by Gasteiger charge is -2.22. The minimum atomic E-state index is -0.0524. The van der Waals surface area contributed by atoms with Gasteiger partial charge in [-0.15, -0.1) is 0 Å². The number of ether oxygens (including phenoxy) is 1. The highest BCUT2D eigenvalue weighted by Crippen LogP contribution is 2.27. The summed E-state index contributed by atoms with van der Waals surface area (Å²) >= 11 is 0. The van der Waals surface area contributed by atoms with Crippen LogP contribution in [-0.4, -0.2) is 56.3 Å². The molecule has 1 fully saturated rings. The van der Waals surface area contributed by atoms with Crippen LogP contribution in [0.3, 0.4) is 0 Å². The molecular weight excluding hydrogens is 356 g/mol. The van der Waals surface area contributed by atoms with E-state index < -0.39 is 0 Å². The van der Waals surface area contributed by atoms with E-state index in [-0.39, 0.29) is 18.0 Å². The van der Waals surface area contributed by atoms with Crippen LogP contribution in [0.4, 0.5) is 5.82 Å². The molecule has 8 nitrogen and oxygen atoms in total. The van der Waals surface area contributed by atoms with Gasteiger partial charge >= 0.3 is 0 Å². The molecule has 0 unspecified atom stereocenters. The zero-order valence-corrected chi connectivity index (χ0v) is 15.8. The van der Waals surface area contributed by atoms with Gasteiger partial charge in [0.25, 0.3) is 5.91 Å². The molecular formula is C20H22N6O2. The molecule has 1 amide bonds. The topological polar surface area (TPSA) is 85.2 Å². The van der Waals surface area contributed by atoms with Crippen molar-refractivity contribution in [2.45, 2.75) is 25.4 Å². The number of hydrogen-bond donors (Lipinski definition) is 1. The maximum atomic E-state index is 13.3. The van der Waals surface area contributed by atoms with E-state index in [0.29, 0.717) is 29.5 Å². The first-order valence-electron chi connectivity index (χ1n) is 9.19. The van der Waals surface area contributed by atoms with E-state index in [0.717, 1.165) is 6.42 Å². The number of aromatic nitrogens is 4. The highest BCUT2D eigenvalue weighted by molar-refractivity contribution is 5.97. The first-order valence-corrected chi connectivity index (χ1v) is 9.19. The number of anilines is 1. The summed E-state index contributed by atoms with van der Waals surface area (Å²) in [6.45, 7) is 2.63. The highest BCUT2D eigenvalue weighted by Gasteiger charge is 2.34. The maximum Gasteiger partial charge on any atom is 0.258 e. The molecule has 3 aromatic rings. The van der Waals surface area contributed by atoms with E-state index in [4.69, 9.17) is 4.74 Å².